The fourth-order valence-electron chi connectivity index (χ4n) is 2.73. The van der Waals surface area contributed by atoms with E-state index in [0.717, 1.165) is 18.4 Å². The van der Waals surface area contributed by atoms with Gasteiger partial charge >= 0.3 is 0 Å². The molecule has 1 aromatic rings. The lowest BCUT2D eigenvalue weighted by Gasteiger charge is -2.28. The van der Waals surface area contributed by atoms with E-state index in [0.29, 0.717) is 4.88 Å². The highest BCUT2D eigenvalue weighted by Crippen LogP contribution is 2.29. The Hall–Kier alpha value is -0.870. The van der Waals surface area contributed by atoms with Crippen LogP contribution in [-0.2, 0) is 6.42 Å². The quantitative estimate of drug-likeness (QED) is 0.860. The van der Waals surface area contributed by atoms with Gasteiger partial charge in [-0.2, -0.15) is 0 Å². The second-order valence-corrected chi connectivity index (χ2v) is 6.34. The van der Waals surface area contributed by atoms with Crippen LogP contribution in [0.25, 0.3) is 0 Å². The minimum atomic E-state index is -0.305. The molecule has 0 saturated heterocycles. The Morgan fingerprint density at radius 2 is 2.11 bits per heavy atom. The molecule has 1 saturated carbocycles. The zero-order valence-electron chi connectivity index (χ0n) is 10.9. The van der Waals surface area contributed by atoms with E-state index in [1.807, 2.05) is 12.1 Å². The number of thiophene rings is 1. The zero-order chi connectivity index (χ0) is 13.0. The summed E-state index contributed by atoms with van der Waals surface area (Å²) in [5.74, 6) is 0.550. The zero-order valence-corrected chi connectivity index (χ0v) is 11.8. The summed E-state index contributed by atoms with van der Waals surface area (Å²) in [5, 5.41) is 3.36. The third kappa shape index (κ3) is 3.56. The van der Waals surface area contributed by atoms with Gasteiger partial charge in [-0.25, -0.2) is 0 Å². The summed E-state index contributed by atoms with van der Waals surface area (Å²) < 4.78 is 0. The molecule has 1 heterocycles. The maximum absolute atomic E-state index is 11.0. The second kappa shape index (κ2) is 6.34. The van der Waals surface area contributed by atoms with E-state index in [4.69, 9.17) is 5.73 Å². The Bertz CT molecular complexity index is 394. The average Bonchev–Trinajstić information content (AvgIpc) is 2.86. The molecule has 0 bridgehead atoms. The van der Waals surface area contributed by atoms with Crippen molar-refractivity contribution in [3.05, 3.63) is 21.9 Å². The molecule has 1 aromatic heterocycles. The van der Waals surface area contributed by atoms with Crippen LogP contribution < -0.4 is 11.1 Å². The summed E-state index contributed by atoms with van der Waals surface area (Å²) in [6, 6.07) is 4.62. The number of nitrogens with one attached hydrogen (secondary N) is 1. The molecule has 1 amide bonds. The predicted molar refractivity (Wildman–Crippen MR) is 76.0 cm³/mol. The van der Waals surface area contributed by atoms with E-state index >= 15 is 0 Å². The lowest BCUT2D eigenvalue weighted by atomic mass is 9.83. The van der Waals surface area contributed by atoms with Gasteiger partial charge in [0.1, 0.15) is 0 Å². The molecule has 0 unspecified atom stereocenters. The van der Waals surface area contributed by atoms with Crippen molar-refractivity contribution in [1.82, 2.24) is 5.32 Å². The number of amides is 1. The van der Waals surface area contributed by atoms with Crippen LogP contribution >= 0.6 is 11.3 Å². The molecule has 18 heavy (non-hydrogen) atoms. The summed E-state index contributed by atoms with van der Waals surface area (Å²) >= 11 is 1.55. The number of carbonyl (C=O) groups excluding carboxylic acids is 1. The molecule has 1 aliphatic rings. The van der Waals surface area contributed by atoms with Crippen molar-refractivity contribution in [2.75, 3.05) is 7.05 Å². The Morgan fingerprint density at radius 1 is 1.39 bits per heavy atom. The number of nitrogens with two attached hydrogens (primary N) is 1. The van der Waals surface area contributed by atoms with Crippen LogP contribution in [-0.4, -0.2) is 19.0 Å². The minimum Gasteiger partial charge on any atom is -0.365 e. The van der Waals surface area contributed by atoms with Crippen molar-refractivity contribution in [2.45, 2.75) is 44.6 Å². The predicted octanol–water partition coefficient (Wildman–Crippen LogP) is 2.56. The maximum atomic E-state index is 11.0. The molecule has 0 aliphatic heterocycles. The van der Waals surface area contributed by atoms with Crippen LogP contribution in [0.1, 0.15) is 46.7 Å². The summed E-state index contributed by atoms with van der Waals surface area (Å²) in [4.78, 5) is 13.0. The van der Waals surface area contributed by atoms with Crippen molar-refractivity contribution in [3.63, 3.8) is 0 Å². The summed E-state index contributed by atoms with van der Waals surface area (Å²) in [5.41, 5.74) is 5.26. The topological polar surface area (TPSA) is 55.1 Å². The van der Waals surface area contributed by atoms with Gasteiger partial charge in [0.05, 0.1) is 4.88 Å². The van der Waals surface area contributed by atoms with Gasteiger partial charge in [0.15, 0.2) is 0 Å². The van der Waals surface area contributed by atoms with E-state index in [1.54, 1.807) is 11.3 Å². The molecule has 2 rings (SSSR count). The third-order valence-corrected chi connectivity index (χ3v) is 5.12. The van der Waals surface area contributed by atoms with Crippen LogP contribution in [0.2, 0.25) is 0 Å². The summed E-state index contributed by atoms with van der Waals surface area (Å²) in [6.45, 7) is 0. The van der Waals surface area contributed by atoms with Gasteiger partial charge in [-0.05, 0) is 63.6 Å². The molecular weight excluding hydrogens is 244 g/mol. The first kappa shape index (κ1) is 13.6. The fourth-order valence-corrected chi connectivity index (χ4v) is 3.61. The first-order valence-electron chi connectivity index (χ1n) is 6.75. The highest BCUT2D eigenvalue weighted by atomic mass is 32.1. The molecule has 1 aliphatic carbocycles. The van der Waals surface area contributed by atoms with E-state index < -0.39 is 0 Å². The highest BCUT2D eigenvalue weighted by Gasteiger charge is 2.19. The first-order valence-corrected chi connectivity index (χ1v) is 7.56. The minimum absolute atomic E-state index is 0.305. The lowest BCUT2D eigenvalue weighted by Crippen LogP contribution is -2.30. The van der Waals surface area contributed by atoms with Crippen LogP contribution in [0.5, 0.6) is 0 Å². The molecule has 0 atom stereocenters. The monoisotopic (exact) mass is 266 g/mol. The summed E-state index contributed by atoms with van der Waals surface area (Å²) in [6.07, 6.45) is 7.61. The van der Waals surface area contributed by atoms with Crippen LogP contribution in [0.4, 0.5) is 0 Å². The first-order chi connectivity index (χ1) is 8.69. The smallest absolute Gasteiger partial charge is 0.258 e. The Morgan fingerprint density at radius 3 is 2.67 bits per heavy atom. The van der Waals surface area contributed by atoms with Crippen molar-refractivity contribution in [1.29, 1.82) is 0 Å². The largest absolute Gasteiger partial charge is 0.365 e. The van der Waals surface area contributed by atoms with Crippen molar-refractivity contribution in [2.24, 2.45) is 11.7 Å². The molecule has 0 aromatic carbocycles. The van der Waals surface area contributed by atoms with Gasteiger partial charge in [-0.1, -0.05) is 0 Å². The van der Waals surface area contributed by atoms with E-state index in [9.17, 15) is 4.79 Å². The van der Waals surface area contributed by atoms with Gasteiger partial charge in [0.25, 0.3) is 5.91 Å². The fraction of sp³-hybridized carbons (Fsp3) is 0.643. The van der Waals surface area contributed by atoms with Gasteiger partial charge in [0, 0.05) is 10.9 Å². The third-order valence-electron chi connectivity index (χ3n) is 3.96. The van der Waals surface area contributed by atoms with Gasteiger partial charge in [0.2, 0.25) is 0 Å². The summed E-state index contributed by atoms with van der Waals surface area (Å²) in [7, 11) is 2.06. The van der Waals surface area contributed by atoms with E-state index in [1.165, 1.54) is 37.0 Å². The molecule has 0 spiro atoms. The van der Waals surface area contributed by atoms with Crippen molar-refractivity contribution < 1.29 is 4.79 Å². The number of rotatable bonds is 5. The second-order valence-electron chi connectivity index (χ2n) is 5.18. The Labute approximate surface area is 113 Å². The van der Waals surface area contributed by atoms with Crippen LogP contribution in [0.15, 0.2) is 12.1 Å². The molecule has 0 radical (unpaired) electrons. The number of hydrogen-bond acceptors (Lipinski definition) is 3. The van der Waals surface area contributed by atoms with Gasteiger partial charge in [-0.15, -0.1) is 11.3 Å². The number of carbonyl (C=O) groups is 1. The molecule has 4 heteroatoms. The van der Waals surface area contributed by atoms with E-state index in [-0.39, 0.29) is 5.91 Å². The van der Waals surface area contributed by atoms with Gasteiger partial charge < -0.3 is 11.1 Å². The molecule has 1 fully saturated rings. The SMILES string of the molecule is CNC1CCC(CCc2ccc(C(N)=O)s2)CC1. The number of primary amides is 1. The van der Waals surface area contributed by atoms with E-state index in [2.05, 4.69) is 12.4 Å². The number of hydrogen-bond donors (Lipinski definition) is 2. The number of aryl methyl sites for hydroxylation is 1. The molecule has 100 valence electrons. The average molecular weight is 266 g/mol. The Balaban J connectivity index is 1.76. The van der Waals surface area contributed by atoms with Crippen LogP contribution in [0.3, 0.4) is 0 Å². The molecule has 3 N–H and O–H groups in total. The lowest BCUT2D eigenvalue weighted by molar-refractivity contribution is 0.100. The molecular formula is C14H22N2OS. The standard InChI is InChI=1S/C14H22N2OS/c1-16-11-5-2-10(3-6-11)4-7-12-8-9-13(18-12)14(15)17/h8-11,16H,2-7H2,1H3,(H2,15,17). The van der Waals surface area contributed by atoms with Crippen molar-refractivity contribution in [3.8, 4) is 0 Å². The normalized spacial score (nSPS) is 24.1. The van der Waals surface area contributed by atoms with Gasteiger partial charge in [-0.3, -0.25) is 4.79 Å². The van der Waals surface area contributed by atoms with Crippen LogP contribution in [0, 0.1) is 5.92 Å². The molecule has 3 nitrogen and oxygen atoms in total. The Kier molecular flexibility index (Phi) is 4.78. The van der Waals surface area contributed by atoms with Crippen molar-refractivity contribution >= 4 is 17.2 Å². The highest BCUT2D eigenvalue weighted by molar-refractivity contribution is 7.14. The maximum Gasteiger partial charge on any atom is 0.258 e.